The van der Waals surface area contributed by atoms with E-state index < -0.39 is 6.10 Å². The zero-order valence-corrected chi connectivity index (χ0v) is 15.8. The minimum atomic E-state index is -0.432. The molecule has 25 heavy (non-hydrogen) atoms. The van der Waals surface area contributed by atoms with Crippen LogP contribution in [0.1, 0.15) is 25.8 Å². The van der Waals surface area contributed by atoms with Crippen molar-refractivity contribution >= 4 is 5.91 Å². The van der Waals surface area contributed by atoms with Crippen LogP contribution in [0.3, 0.4) is 0 Å². The summed E-state index contributed by atoms with van der Waals surface area (Å²) in [5, 5.41) is 0. The zero-order chi connectivity index (χ0) is 17.8. The van der Waals surface area contributed by atoms with Crippen molar-refractivity contribution in [3.63, 3.8) is 0 Å². The summed E-state index contributed by atoms with van der Waals surface area (Å²) >= 11 is 0. The quantitative estimate of drug-likeness (QED) is 0.818. The third-order valence-corrected chi connectivity index (χ3v) is 5.53. The maximum absolute atomic E-state index is 12.7. The Hall–Kier alpha value is -1.59. The number of hydrogen-bond donors (Lipinski definition) is 0. The van der Waals surface area contributed by atoms with Gasteiger partial charge in [-0.3, -0.25) is 9.69 Å². The van der Waals surface area contributed by atoms with Crippen LogP contribution in [0.5, 0.6) is 5.75 Å². The molecular weight excluding hydrogens is 314 g/mol. The minimum absolute atomic E-state index is 0.107. The topological polar surface area (TPSA) is 36.0 Å². The Balaban J connectivity index is 1.49. The molecule has 0 bridgehead atoms. The summed E-state index contributed by atoms with van der Waals surface area (Å²) in [6, 6.07) is 8.38. The first-order valence-corrected chi connectivity index (χ1v) is 9.55. The van der Waals surface area contributed by atoms with E-state index in [4.69, 9.17) is 4.74 Å². The van der Waals surface area contributed by atoms with Crippen LogP contribution < -0.4 is 4.74 Å². The number of rotatable bonds is 5. The maximum Gasteiger partial charge on any atom is 0.263 e. The second kappa shape index (κ2) is 8.19. The van der Waals surface area contributed by atoms with Crippen LogP contribution in [-0.4, -0.2) is 78.6 Å². The van der Waals surface area contributed by atoms with E-state index in [1.165, 1.54) is 5.56 Å². The van der Waals surface area contributed by atoms with Crippen molar-refractivity contribution in [2.24, 2.45) is 0 Å². The van der Waals surface area contributed by atoms with E-state index in [0.29, 0.717) is 6.04 Å². The van der Waals surface area contributed by atoms with Crippen LogP contribution >= 0.6 is 0 Å². The number of ether oxygens (including phenoxy) is 1. The third kappa shape index (κ3) is 4.53. The van der Waals surface area contributed by atoms with Crippen LogP contribution in [-0.2, 0) is 4.79 Å². The van der Waals surface area contributed by atoms with Gasteiger partial charge in [0.15, 0.2) is 6.10 Å². The number of benzene rings is 1. The van der Waals surface area contributed by atoms with E-state index in [0.717, 1.165) is 58.0 Å². The number of hydrogen-bond acceptors (Lipinski definition) is 4. The van der Waals surface area contributed by atoms with Gasteiger partial charge in [0.2, 0.25) is 0 Å². The molecule has 138 valence electrons. The lowest BCUT2D eigenvalue weighted by Gasteiger charge is -2.37. The molecule has 2 atom stereocenters. The smallest absolute Gasteiger partial charge is 0.263 e. The summed E-state index contributed by atoms with van der Waals surface area (Å²) in [5.41, 5.74) is 1.19. The van der Waals surface area contributed by atoms with Crippen molar-refractivity contribution < 1.29 is 9.53 Å². The molecule has 5 nitrogen and oxygen atoms in total. The molecule has 1 aromatic carbocycles. The Morgan fingerprint density at radius 2 is 1.84 bits per heavy atom. The highest BCUT2D eigenvalue weighted by Gasteiger charge is 2.33. The van der Waals surface area contributed by atoms with Crippen molar-refractivity contribution in [3.05, 3.63) is 29.8 Å². The largest absolute Gasteiger partial charge is 0.481 e. The maximum atomic E-state index is 12.7. The predicted molar refractivity (Wildman–Crippen MR) is 99.9 cm³/mol. The van der Waals surface area contributed by atoms with Crippen molar-refractivity contribution in [1.29, 1.82) is 0 Å². The zero-order valence-electron chi connectivity index (χ0n) is 15.8. The third-order valence-electron chi connectivity index (χ3n) is 5.53. The van der Waals surface area contributed by atoms with E-state index in [1.54, 1.807) is 0 Å². The number of carbonyl (C=O) groups is 1. The molecule has 2 fully saturated rings. The van der Waals surface area contributed by atoms with Gasteiger partial charge in [-0.05, 0) is 38.9 Å². The molecule has 0 aliphatic carbocycles. The van der Waals surface area contributed by atoms with Gasteiger partial charge in [-0.2, -0.15) is 0 Å². The summed E-state index contributed by atoms with van der Waals surface area (Å²) < 4.78 is 5.84. The Labute approximate surface area is 151 Å². The molecule has 0 unspecified atom stereocenters. The van der Waals surface area contributed by atoms with E-state index in [-0.39, 0.29) is 5.91 Å². The number of likely N-dealkylation sites (tertiary alicyclic amines) is 1. The summed E-state index contributed by atoms with van der Waals surface area (Å²) in [6.45, 7) is 13.5. The highest BCUT2D eigenvalue weighted by molar-refractivity contribution is 5.81. The molecule has 0 aromatic heterocycles. The molecule has 1 aromatic rings. The second-order valence-electron chi connectivity index (χ2n) is 7.27. The molecule has 0 spiro atoms. The Morgan fingerprint density at radius 3 is 2.48 bits per heavy atom. The number of amides is 1. The lowest BCUT2D eigenvalue weighted by atomic mass is 10.2. The van der Waals surface area contributed by atoms with Crippen molar-refractivity contribution in [3.8, 4) is 5.75 Å². The first-order chi connectivity index (χ1) is 12.1. The molecule has 0 saturated carbocycles. The Kier molecular flexibility index (Phi) is 5.97. The Morgan fingerprint density at radius 1 is 1.16 bits per heavy atom. The van der Waals surface area contributed by atoms with E-state index >= 15 is 0 Å². The molecule has 2 aliphatic heterocycles. The van der Waals surface area contributed by atoms with Crippen LogP contribution in [0.2, 0.25) is 0 Å². The van der Waals surface area contributed by atoms with Gasteiger partial charge in [0, 0.05) is 45.3 Å². The molecule has 2 saturated heterocycles. The van der Waals surface area contributed by atoms with Gasteiger partial charge >= 0.3 is 0 Å². The monoisotopic (exact) mass is 345 g/mol. The molecule has 3 rings (SSSR count). The lowest BCUT2D eigenvalue weighted by Crippen LogP contribution is -2.51. The molecule has 2 heterocycles. The molecular formula is C20H31N3O2. The van der Waals surface area contributed by atoms with Crippen molar-refractivity contribution in [1.82, 2.24) is 14.7 Å². The summed E-state index contributed by atoms with van der Waals surface area (Å²) in [7, 11) is 0. The van der Waals surface area contributed by atoms with Gasteiger partial charge < -0.3 is 14.5 Å². The van der Waals surface area contributed by atoms with Crippen LogP contribution in [0.25, 0.3) is 0 Å². The summed E-state index contributed by atoms with van der Waals surface area (Å²) in [6.07, 6.45) is 0.646. The first kappa shape index (κ1) is 18.2. The molecule has 0 radical (unpaired) electrons. The number of nitrogens with zero attached hydrogens (tertiary/aromatic N) is 3. The van der Waals surface area contributed by atoms with E-state index in [1.807, 2.05) is 43.0 Å². The SMILES string of the molecule is CCN1CCN([C@@H]2CCN(C(=O)[C@@H](C)Oc3ccc(C)cc3)C2)CC1. The lowest BCUT2D eigenvalue weighted by molar-refractivity contribution is -0.137. The number of carbonyl (C=O) groups excluding carboxylic acids is 1. The van der Waals surface area contributed by atoms with Crippen LogP contribution in [0, 0.1) is 6.92 Å². The summed E-state index contributed by atoms with van der Waals surface area (Å²) in [5.74, 6) is 0.869. The standard InChI is InChI=1S/C20H31N3O2/c1-4-21-11-13-22(14-12-21)18-9-10-23(15-18)20(24)17(3)25-19-7-5-16(2)6-8-19/h5-8,17-18H,4,9-15H2,1-3H3/t17-,18-/m1/s1. The normalized spacial score (nSPS) is 23.6. The fourth-order valence-corrected chi connectivity index (χ4v) is 3.81. The highest BCUT2D eigenvalue weighted by atomic mass is 16.5. The van der Waals surface area contributed by atoms with E-state index in [9.17, 15) is 4.79 Å². The number of piperazine rings is 1. The fourth-order valence-electron chi connectivity index (χ4n) is 3.81. The highest BCUT2D eigenvalue weighted by Crippen LogP contribution is 2.20. The van der Waals surface area contributed by atoms with Gasteiger partial charge in [0.05, 0.1) is 0 Å². The van der Waals surface area contributed by atoms with Crippen LogP contribution in [0.4, 0.5) is 0 Å². The average Bonchev–Trinajstić information content (AvgIpc) is 3.13. The van der Waals surface area contributed by atoms with Crippen molar-refractivity contribution in [2.75, 3.05) is 45.8 Å². The summed E-state index contributed by atoms with van der Waals surface area (Å²) in [4.78, 5) is 19.8. The van der Waals surface area contributed by atoms with Gasteiger partial charge in [0.25, 0.3) is 5.91 Å². The van der Waals surface area contributed by atoms with Gasteiger partial charge in [-0.1, -0.05) is 24.6 Å². The predicted octanol–water partition coefficient (Wildman–Crippen LogP) is 2.00. The van der Waals surface area contributed by atoms with Gasteiger partial charge in [-0.15, -0.1) is 0 Å². The van der Waals surface area contributed by atoms with E-state index in [2.05, 4.69) is 16.7 Å². The fraction of sp³-hybridized carbons (Fsp3) is 0.650. The second-order valence-corrected chi connectivity index (χ2v) is 7.27. The average molecular weight is 345 g/mol. The first-order valence-electron chi connectivity index (χ1n) is 9.55. The molecule has 0 N–H and O–H groups in total. The molecule has 5 heteroatoms. The minimum Gasteiger partial charge on any atom is -0.481 e. The Bertz CT molecular complexity index is 567. The molecule has 2 aliphatic rings. The van der Waals surface area contributed by atoms with Gasteiger partial charge in [0.1, 0.15) is 5.75 Å². The van der Waals surface area contributed by atoms with Crippen LogP contribution in [0.15, 0.2) is 24.3 Å². The van der Waals surface area contributed by atoms with Gasteiger partial charge in [-0.25, -0.2) is 0 Å². The number of likely N-dealkylation sites (N-methyl/N-ethyl adjacent to an activating group) is 1. The van der Waals surface area contributed by atoms with Crippen molar-refractivity contribution in [2.45, 2.75) is 39.3 Å². The molecule has 1 amide bonds. The number of aryl methyl sites for hydroxylation is 1.